The third-order valence-electron chi connectivity index (χ3n) is 5.61. The van der Waals surface area contributed by atoms with E-state index in [0.29, 0.717) is 5.69 Å². The highest BCUT2D eigenvalue weighted by atomic mass is 16.5. The third kappa shape index (κ3) is 3.71. The summed E-state index contributed by atoms with van der Waals surface area (Å²) in [5, 5.41) is 4.66. The number of piperazine rings is 1. The minimum Gasteiger partial charge on any atom is -0.496 e. The van der Waals surface area contributed by atoms with Crippen LogP contribution in [0.2, 0.25) is 0 Å². The largest absolute Gasteiger partial charge is 0.496 e. The van der Waals surface area contributed by atoms with Crippen molar-refractivity contribution in [1.82, 2.24) is 20.2 Å². The van der Waals surface area contributed by atoms with Gasteiger partial charge in [-0.05, 0) is 36.2 Å². The fourth-order valence-corrected chi connectivity index (χ4v) is 4.08. The molecule has 1 atom stereocenters. The maximum Gasteiger partial charge on any atom is 0.356 e. The molecule has 0 aliphatic carbocycles. The number of carbonyl (C=O) groups excluding carboxylic acids is 1. The molecule has 1 fully saturated rings. The van der Waals surface area contributed by atoms with E-state index in [-0.39, 0.29) is 6.04 Å². The zero-order valence-electron chi connectivity index (χ0n) is 17.0. The molecular weight excluding hydrogens is 368 g/mol. The summed E-state index contributed by atoms with van der Waals surface area (Å²) in [5.41, 5.74) is 4.89. The van der Waals surface area contributed by atoms with E-state index in [4.69, 9.17) is 9.47 Å². The van der Waals surface area contributed by atoms with E-state index in [1.165, 1.54) is 23.6 Å². The molecule has 1 aliphatic heterocycles. The summed E-state index contributed by atoms with van der Waals surface area (Å²) in [7, 11) is 3.09. The van der Waals surface area contributed by atoms with Crippen LogP contribution in [0.15, 0.2) is 36.7 Å². The second-order valence-electron chi connectivity index (χ2n) is 7.30. The number of aryl methyl sites for hydroxylation is 1. The van der Waals surface area contributed by atoms with Crippen LogP contribution in [0.1, 0.15) is 33.2 Å². The van der Waals surface area contributed by atoms with Crippen molar-refractivity contribution in [3.8, 4) is 5.75 Å². The summed E-state index contributed by atoms with van der Waals surface area (Å²) in [6.45, 7) is 5.51. The molecule has 3 aromatic rings. The van der Waals surface area contributed by atoms with Crippen LogP contribution in [0.5, 0.6) is 5.75 Å². The third-order valence-corrected chi connectivity index (χ3v) is 5.61. The molecule has 1 aliphatic rings. The second-order valence-corrected chi connectivity index (χ2v) is 7.30. The molecule has 0 saturated carbocycles. The van der Waals surface area contributed by atoms with E-state index >= 15 is 0 Å². The van der Waals surface area contributed by atoms with Crippen molar-refractivity contribution in [2.45, 2.75) is 19.5 Å². The van der Waals surface area contributed by atoms with E-state index < -0.39 is 5.97 Å². The van der Waals surface area contributed by atoms with E-state index in [9.17, 15) is 4.79 Å². The summed E-state index contributed by atoms with van der Waals surface area (Å²) in [4.78, 5) is 21.8. The average Bonchev–Trinajstić information content (AvgIpc) is 3.26. The Morgan fingerprint density at radius 3 is 2.90 bits per heavy atom. The number of benzene rings is 1. The molecule has 0 radical (unpaired) electrons. The predicted octanol–water partition coefficient (Wildman–Crippen LogP) is 2.81. The summed E-state index contributed by atoms with van der Waals surface area (Å²) in [5.74, 6) is 0.487. The molecule has 1 saturated heterocycles. The van der Waals surface area contributed by atoms with E-state index in [1.807, 2.05) is 12.3 Å². The molecule has 0 bridgehead atoms. The number of H-pyrrole nitrogens is 1. The summed E-state index contributed by atoms with van der Waals surface area (Å²) >= 11 is 0. The number of esters is 1. The second kappa shape index (κ2) is 8.23. The lowest BCUT2D eigenvalue weighted by Crippen LogP contribution is -2.45. The SMILES string of the molecule is COC(=O)c1ccc(C2CNCCN2Cc2c(OC)cc(C)c3[nH]ccc23)cn1. The zero-order chi connectivity index (χ0) is 20.4. The lowest BCUT2D eigenvalue weighted by Gasteiger charge is -2.36. The summed E-state index contributed by atoms with van der Waals surface area (Å²) < 4.78 is 10.5. The van der Waals surface area contributed by atoms with Gasteiger partial charge < -0.3 is 19.8 Å². The highest BCUT2D eigenvalue weighted by molar-refractivity contribution is 5.88. The van der Waals surface area contributed by atoms with E-state index in [2.05, 4.69) is 39.2 Å². The quantitative estimate of drug-likeness (QED) is 0.648. The molecular formula is C22H26N4O3. The molecule has 0 amide bonds. The summed E-state index contributed by atoms with van der Waals surface area (Å²) in [6.07, 6.45) is 3.75. The number of carbonyl (C=O) groups is 1. The van der Waals surface area contributed by atoms with Crippen molar-refractivity contribution in [1.29, 1.82) is 0 Å². The van der Waals surface area contributed by atoms with Gasteiger partial charge in [-0.15, -0.1) is 0 Å². The first-order valence-electron chi connectivity index (χ1n) is 9.75. The molecule has 7 nitrogen and oxygen atoms in total. The van der Waals surface area contributed by atoms with Gasteiger partial charge in [0.1, 0.15) is 11.4 Å². The van der Waals surface area contributed by atoms with Crippen molar-refractivity contribution in [3.63, 3.8) is 0 Å². The van der Waals surface area contributed by atoms with Crippen LogP contribution >= 0.6 is 0 Å². The van der Waals surface area contributed by atoms with Gasteiger partial charge in [-0.25, -0.2) is 9.78 Å². The molecule has 7 heteroatoms. The predicted molar refractivity (Wildman–Crippen MR) is 111 cm³/mol. The maximum absolute atomic E-state index is 11.7. The van der Waals surface area contributed by atoms with E-state index in [0.717, 1.165) is 43.0 Å². The van der Waals surface area contributed by atoms with E-state index in [1.54, 1.807) is 19.4 Å². The van der Waals surface area contributed by atoms with Crippen LogP contribution in [0.4, 0.5) is 0 Å². The van der Waals surface area contributed by atoms with Gasteiger partial charge in [0.25, 0.3) is 0 Å². The average molecular weight is 394 g/mol. The van der Waals surface area contributed by atoms with Crippen molar-refractivity contribution >= 4 is 16.9 Å². The van der Waals surface area contributed by atoms with Gasteiger partial charge in [-0.2, -0.15) is 0 Å². The van der Waals surface area contributed by atoms with Crippen LogP contribution in [0.3, 0.4) is 0 Å². The van der Waals surface area contributed by atoms with Crippen LogP contribution in [-0.4, -0.2) is 54.7 Å². The minimum absolute atomic E-state index is 0.156. The highest BCUT2D eigenvalue weighted by Crippen LogP contribution is 2.34. The fourth-order valence-electron chi connectivity index (χ4n) is 4.08. The van der Waals surface area contributed by atoms with Crippen LogP contribution in [0.25, 0.3) is 10.9 Å². The number of hydrogen-bond donors (Lipinski definition) is 2. The number of aromatic nitrogens is 2. The molecule has 2 aromatic heterocycles. The highest BCUT2D eigenvalue weighted by Gasteiger charge is 2.26. The first-order valence-corrected chi connectivity index (χ1v) is 9.75. The smallest absolute Gasteiger partial charge is 0.356 e. The Morgan fingerprint density at radius 1 is 1.31 bits per heavy atom. The number of pyridine rings is 1. The molecule has 2 N–H and O–H groups in total. The van der Waals surface area contributed by atoms with Crippen LogP contribution < -0.4 is 10.1 Å². The van der Waals surface area contributed by atoms with Gasteiger partial charge in [0.15, 0.2) is 0 Å². The molecule has 4 rings (SSSR count). The number of methoxy groups -OCH3 is 2. The topological polar surface area (TPSA) is 79.5 Å². The molecule has 3 heterocycles. The molecule has 0 spiro atoms. The minimum atomic E-state index is -0.422. The van der Waals surface area contributed by atoms with Gasteiger partial charge in [0, 0.05) is 61.1 Å². The Bertz CT molecular complexity index is 1010. The van der Waals surface area contributed by atoms with Crippen molar-refractivity contribution in [2.24, 2.45) is 0 Å². The van der Waals surface area contributed by atoms with Gasteiger partial charge in [0.05, 0.1) is 14.2 Å². The maximum atomic E-state index is 11.7. The van der Waals surface area contributed by atoms with Crippen molar-refractivity contribution in [3.05, 3.63) is 59.0 Å². The molecule has 1 aromatic carbocycles. The first-order chi connectivity index (χ1) is 14.1. The standard InChI is InChI=1S/C22H26N4O3/c1-14-10-20(28-2)17(16-6-7-24-21(14)16)13-26-9-8-23-12-19(26)15-4-5-18(25-11-15)22(27)29-3/h4-7,10-11,19,23-24H,8-9,12-13H2,1-3H3. The fraction of sp³-hybridized carbons (Fsp3) is 0.364. The number of nitrogens with zero attached hydrogens (tertiary/aromatic N) is 2. The molecule has 29 heavy (non-hydrogen) atoms. The number of nitrogens with one attached hydrogen (secondary N) is 2. The van der Waals surface area contributed by atoms with Gasteiger partial charge >= 0.3 is 5.97 Å². The lowest BCUT2D eigenvalue weighted by atomic mass is 10.0. The lowest BCUT2D eigenvalue weighted by molar-refractivity contribution is 0.0594. The van der Waals surface area contributed by atoms with Gasteiger partial charge in [-0.3, -0.25) is 4.90 Å². The van der Waals surface area contributed by atoms with Gasteiger partial charge in [-0.1, -0.05) is 6.07 Å². The number of aromatic amines is 1. The van der Waals surface area contributed by atoms with Crippen molar-refractivity contribution in [2.75, 3.05) is 33.9 Å². The monoisotopic (exact) mass is 394 g/mol. The number of ether oxygens (including phenoxy) is 2. The normalized spacial score (nSPS) is 17.4. The Morgan fingerprint density at radius 2 is 2.17 bits per heavy atom. The first kappa shape index (κ1) is 19.4. The Balaban J connectivity index is 1.65. The number of rotatable bonds is 5. The number of hydrogen-bond acceptors (Lipinski definition) is 6. The zero-order valence-corrected chi connectivity index (χ0v) is 17.0. The summed E-state index contributed by atoms with van der Waals surface area (Å²) in [6, 6.07) is 8.05. The van der Waals surface area contributed by atoms with Gasteiger partial charge in [0.2, 0.25) is 0 Å². The van der Waals surface area contributed by atoms with Crippen LogP contribution in [-0.2, 0) is 11.3 Å². The Labute approximate surface area is 170 Å². The number of fused-ring (bicyclic) bond motifs is 1. The van der Waals surface area contributed by atoms with Crippen LogP contribution in [0, 0.1) is 6.92 Å². The Hall–Kier alpha value is -2.90. The molecule has 152 valence electrons. The molecule has 1 unspecified atom stereocenters. The van der Waals surface area contributed by atoms with Crippen molar-refractivity contribution < 1.29 is 14.3 Å². The Kier molecular flexibility index (Phi) is 5.51.